The van der Waals surface area contributed by atoms with Crippen LogP contribution in [0.15, 0.2) is 47.5 Å². The van der Waals surface area contributed by atoms with Crippen LogP contribution in [0.5, 0.6) is 0 Å². The molecular weight excluding hydrogens is 274 g/mol. The molecule has 5 nitrogen and oxygen atoms in total. The number of aromatic nitrogens is 1. The molecule has 0 saturated heterocycles. The zero-order chi connectivity index (χ0) is 14.8. The molecule has 2 aromatic rings. The molecule has 0 fully saturated rings. The zero-order valence-electron chi connectivity index (χ0n) is 11.4. The van der Waals surface area contributed by atoms with Crippen LogP contribution in [0.25, 0.3) is 0 Å². The number of hydrogen-bond acceptors (Lipinski definition) is 4. The van der Waals surface area contributed by atoms with E-state index >= 15 is 0 Å². The van der Waals surface area contributed by atoms with Crippen LogP contribution < -0.4 is 10.5 Å². The highest BCUT2D eigenvalue weighted by Crippen LogP contribution is 2.19. The molecule has 2 rings (SSSR count). The first-order valence-corrected chi connectivity index (χ1v) is 7.68. The maximum Gasteiger partial charge on any atom is 0.242 e. The third-order valence-corrected chi connectivity index (χ3v) is 4.58. The summed E-state index contributed by atoms with van der Waals surface area (Å²) in [6.07, 6.45) is 1.25. The number of sulfonamides is 1. The molecule has 0 amide bonds. The lowest BCUT2D eigenvalue weighted by molar-refractivity contribution is 0.566. The Morgan fingerprint density at radius 3 is 2.50 bits per heavy atom. The monoisotopic (exact) mass is 291 g/mol. The molecule has 1 heterocycles. The van der Waals surface area contributed by atoms with Gasteiger partial charge in [0.2, 0.25) is 10.0 Å². The van der Waals surface area contributed by atoms with E-state index in [-0.39, 0.29) is 16.8 Å². The lowest BCUT2D eigenvalue weighted by Crippen LogP contribution is -2.27. The minimum absolute atomic E-state index is 0.104. The van der Waals surface area contributed by atoms with Gasteiger partial charge in [0.15, 0.2) is 0 Å². The number of nitrogen functional groups attached to an aromatic ring is 1. The third-order valence-electron chi connectivity index (χ3n) is 3.06. The molecule has 1 atom stereocenters. The first-order chi connectivity index (χ1) is 9.40. The van der Waals surface area contributed by atoms with E-state index in [2.05, 4.69) is 9.71 Å². The van der Waals surface area contributed by atoms with E-state index in [1.165, 1.54) is 18.3 Å². The molecule has 0 aliphatic heterocycles. The van der Waals surface area contributed by atoms with Crippen molar-refractivity contribution in [3.63, 3.8) is 0 Å². The van der Waals surface area contributed by atoms with Crippen molar-refractivity contribution < 1.29 is 8.42 Å². The maximum absolute atomic E-state index is 12.2. The van der Waals surface area contributed by atoms with E-state index in [0.717, 1.165) is 11.1 Å². The number of aryl methyl sites for hydroxylation is 1. The van der Waals surface area contributed by atoms with E-state index in [1.54, 1.807) is 0 Å². The van der Waals surface area contributed by atoms with Gasteiger partial charge in [0.05, 0.1) is 0 Å². The van der Waals surface area contributed by atoms with Crippen LogP contribution in [-0.4, -0.2) is 13.4 Å². The molecule has 20 heavy (non-hydrogen) atoms. The molecule has 3 N–H and O–H groups in total. The second-order valence-electron chi connectivity index (χ2n) is 4.62. The number of pyridine rings is 1. The summed E-state index contributed by atoms with van der Waals surface area (Å²) < 4.78 is 27.1. The fraction of sp³-hybridized carbons (Fsp3) is 0.214. The second kappa shape index (κ2) is 5.60. The van der Waals surface area contributed by atoms with Gasteiger partial charge in [0.1, 0.15) is 10.7 Å². The summed E-state index contributed by atoms with van der Waals surface area (Å²) in [5.41, 5.74) is 7.44. The van der Waals surface area contributed by atoms with Crippen LogP contribution >= 0.6 is 0 Å². The summed E-state index contributed by atoms with van der Waals surface area (Å²) in [7, 11) is -3.61. The number of nitrogens with one attached hydrogen (secondary N) is 1. The van der Waals surface area contributed by atoms with Gasteiger partial charge in [-0.3, -0.25) is 0 Å². The van der Waals surface area contributed by atoms with Gasteiger partial charge in [-0.15, -0.1) is 0 Å². The molecule has 0 aliphatic rings. The molecule has 0 spiro atoms. The molecule has 0 saturated carbocycles. The van der Waals surface area contributed by atoms with Crippen LogP contribution in [0.2, 0.25) is 0 Å². The van der Waals surface area contributed by atoms with Crippen molar-refractivity contribution in [2.24, 2.45) is 0 Å². The summed E-state index contributed by atoms with van der Waals surface area (Å²) in [5, 5.41) is 0. The first-order valence-electron chi connectivity index (χ1n) is 6.19. The Labute approximate surface area is 118 Å². The van der Waals surface area contributed by atoms with Gasteiger partial charge in [0.25, 0.3) is 0 Å². The lowest BCUT2D eigenvalue weighted by atomic mass is 10.0. The van der Waals surface area contributed by atoms with Crippen molar-refractivity contribution in [1.82, 2.24) is 9.71 Å². The van der Waals surface area contributed by atoms with Gasteiger partial charge in [-0.05, 0) is 37.1 Å². The van der Waals surface area contributed by atoms with Crippen molar-refractivity contribution >= 4 is 15.8 Å². The number of rotatable bonds is 4. The van der Waals surface area contributed by atoms with Gasteiger partial charge >= 0.3 is 0 Å². The number of hydrogen-bond donors (Lipinski definition) is 2. The van der Waals surface area contributed by atoms with Gasteiger partial charge < -0.3 is 5.73 Å². The summed E-state index contributed by atoms with van der Waals surface area (Å²) in [6, 6.07) is 10.2. The SMILES string of the molecule is Cc1ccccc1C(C)NS(=O)(=O)c1ccc(N)nc1. The van der Waals surface area contributed by atoms with Gasteiger partial charge in [-0.25, -0.2) is 18.1 Å². The summed E-state index contributed by atoms with van der Waals surface area (Å²) >= 11 is 0. The number of benzene rings is 1. The fourth-order valence-electron chi connectivity index (χ4n) is 1.99. The smallest absolute Gasteiger partial charge is 0.242 e. The van der Waals surface area contributed by atoms with Crippen LogP contribution in [-0.2, 0) is 10.0 Å². The predicted octanol–water partition coefficient (Wildman–Crippen LogP) is 2.01. The highest BCUT2D eigenvalue weighted by molar-refractivity contribution is 7.89. The summed E-state index contributed by atoms with van der Waals surface area (Å²) in [6.45, 7) is 3.76. The Bertz CT molecular complexity index is 697. The molecule has 6 heteroatoms. The van der Waals surface area contributed by atoms with Crippen LogP contribution in [0.4, 0.5) is 5.82 Å². The topological polar surface area (TPSA) is 85.1 Å². The first kappa shape index (κ1) is 14.5. The third kappa shape index (κ3) is 3.15. The largest absolute Gasteiger partial charge is 0.384 e. The lowest BCUT2D eigenvalue weighted by Gasteiger charge is -2.16. The number of anilines is 1. The zero-order valence-corrected chi connectivity index (χ0v) is 12.2. The highest BCUT2D eigenvalue weighted by Gasteiger charge is 2.19. The predicted molar refractivity (Wildman–Crippen MR) is 78.6 cm³/mol. The molecule has 106 valence electrons. The average molecular weight is 291 g/mol. The Hall–Kier alpha value is -1.92. The van der Waals surface area contributed by atoms with Crippen molar-refractivity contribution in [3.8, 4) is 0 Å². The minimum atomic E-state index is -3.61. The Morgan fingerprint density at radius 1 is 1.20 bits per heavy atom. The van der Waals surface area contributed by atoms with Crippen molar-refractivity contribution in [2.45, 2.75) is 24.8 Å². The molecule has 0 aliphatic carbocycles. The number of nitrogens with zero attached hydrogens (tertiary/aromatic N) is 1. The molecule has 0 radical (unpaired) electrons. The fourth-order valence-corrected chi connectivity index (χ4v) is 3.15. The van der Waals surface area contributed by atoms with E-state index in [1.807, 2.05) is 38.1 Å². The molecule has 1 aromatic carbocycles. The summed E-state index contributed by atoms with van der Waals surface area (Å²) in [4.78, 5) is 3.91. The second-order valence-corrected chi connectivity index (χ2v) is 6.33. The van der Waals surface area contributed by atoms with Crippen LogP contribution in [0.1, 0.15) is 24.1 Å². The van der Waals surface area contributed by atoms with Crippen molar-refractivity contribution in [2.75, 3.05) is 5.73 Å². The van der Waals surface area contributed by atoms with Crippen molar-refractivity contribution in [1.29, 1.82) is 0 Å². The Kier molecular flexibility index (Phi) is 4.06. The number of nitrogens with two attached hydrogens (primary N) is 1. The maximum atomic E-state index is 12.2. The standard InChI is InChI=1S/C14H17N3O2S/c1-10-5-3-4-6-13(10)11(2)17-20(18,19)12-7-8-14(15)16-9-12/h3-9,11,17H,1-2H3,(H2,15,16). The van der Waals surface area contributed by atoms with E-state index in [0.29, 0.717) is 0 Å². The summed E-state index contributed by atoms with van der Waals surface area (Å²) in [5.74, 6) is 0.288. The van der Waals surface area contributed by atoms with E-state index in [4.69, 9.17) is 5.73 Å². The minimum Gasteiger partial charge on any atom is -0.384 e. The molecule has 0 bridgehead atoms. The normalized spacial score (nSPS) is 13.1. The molecular formula is C14H17N3O2S. The van der Waals surface area contributed by atoms with Crippen LogP contribution in [0, 0.1) is 6.92 Å². The van der Waals surface area contributed by atoms with Gasteiger partial charge in [0, 0.05) is 12.2 Å². The Morgan fingerprint density at radius 2 is 1.90 bits per heavy atom. The highest BCUT2D eigenvalue weighted by atomic mass is 32.2. The molecule has 1 unspecified atom stereocenters. The van der Waals surface area contributed by atoms with E-state index in [9.17, 15) is 8.42 Å². The van der Waals surface area contributed by atoms with Crippen molar-refractivity contribution in [3.05, 3.63) is 53.7 Å². The van der Waals surface area contributed by atoms with Gasteiger partial charge in [-0.2, -0.15) is 0 Å². The quantitative estimate of drug-likeness (QED) is 0.902. The Balaban J connectivity index is 2.24. The van der Waals surface area contributed by atoms with E-state index < -0.39 is 10.0 Å². The average Bonchev–Trinajstić information content (AvgIpc) is 2.39. The van der Waals surface area contributed by atoms with Crippen LogP contribution in [0.3, 0.4) is 0 Å². The molecule has 1 aromatic heterocycles. The van der Waals surface area contributed by atoms with Gasteiger partial charge in [-0.1, -0.05) is 24.3 Å².